The summed E-state index contributed by atoms with van der Waals surface area (Å²) in [5.74, 6) is 0.707. The number of carboxylic acids is 1. The van der Waals surface area contributed by atoms with Crippen molar-refractivity contribution in [1.82, 2.24) is 4.90 Å². The zero-order valence-electron chi connectivity index (χ0n) is 19.7. The molecule has 180 valence electrons. The molecule has 0 spiro atoms. The van der Waals surface area contributed by atoms with Crippen LogP contribution in [0.15, 0.2) is 48.5 Å². The van der Waals surface area contributed by atoms with Crippen molar-refractivity contribution in [1.29, 1.82) is 0 Å². The van der Waals surface area contributed by atoms with Gasteiger partial charge in [0.05, 0.1) is 13.7 Å². The highest BCUT2D eigenvalue weighted by molar-refractivity contribution is 5.89. The Kier molecular flexibility index (Phi) is 10.5. The fourth-order valence-electron chi connectivity index (χ4n) is 3.22. The number of nitrogens with zero attached hydrogens (tertiary/aromatic N) is 1. The summed E-state index contributed by atoms with van der Waals surface area (Å²) in [6, 6.07) is 14.2. The third-order valence-corrected chi connectivity index (χ3v) is 4.83. The molecule has 8 nitrogen and oxygen atoms in total. The van der Waals surface area contributed by atoms with Crippen molar-refractivity contribution in [3.63, 3.8) is 0 Å². The Morgan fingerprint density at radius 1 is 1.03 bits per heavy atom. The second-order valence-electron chi connectivity index (χ2n) is 7.98. The largest absolute Gasteiger partial charge is 0.497 e. The summed E-state index contributed by atoms with van der Waals surface area (Å²) in [5.41, 5.74) is 1.54. The fraction of sp³-hybridized carbons (Fsp3) is 0.440. The average molecular weight is 459 g/mol. The highest BCUT2D eigenvalue weighted by Crippen LogP contribution is 2.17. The number of aliphatic carboxylic acids is 1. The molecule has 0 aliphatic carbocycles. The monoisotopic (exact) mass is 458 g/mol. The molecule has 2 N–H and O–H groups in total. The van der Waals surface area contributed by atoms with Gasteiger partial charge in [0, 0.05) is 25.3 Å². The molecule has 1 unspecified atom stereocenters. The van der Waals surface area contributed by atoms with Crippen LogP contribution in [0.1, 0.15) is 26.3 Å². The van der Waals surface area contributed by atoms with E-state index in [4.69, 9.17) is 14.2 Å². The number of rotatable bonds is 13. The maximum atomic E-state index is 12.8. The Labute approximate surface area is 195 Å². The zero-order chi connectivity index (χ0) is 24.2. The lowest BCUT2D eigenvalue weighted by atomic mass is 10.1. The molecule has 0 aliphatic rings. The number of benzene rings is 2. The predicted molar refractivity (Wildman–Crippen MR) is 127 cm³/mol. The summed E-state index contributed by atoms with van der Waals surface area (Å²) in [4.78, 5) is 25.7. The van der Waals surface area contributed by atoms with Gasteiger partial charge in [-0.2, -0.15) is 0 Å². The van der Waals surface area contributed by atoms with Crippen LogP contribution in [0.2, 0.25) is 0 Å². The third-order valence-electron chi connectivity index (χ3n) is 4.83. The molecule has 0 fully saturated rings. The van der Waals surface area contributed by atoms with Crippen LogP contribution >= 0.6 is 0 Å². The maximum Gasteiger partial charge on any atom is 0.333 e. The first kappa shape index (κ1) is 26.0. The Hall–Kier alpha value is -3.26. The molecule has 0 radical (unpaired) electrons. The van der Waals surface area contributed by atoms with E-state index in [0.717, 1.165) is 11.3 Å². The first-order chi connectivity index (χ1) is 15.8. The number of methoxy groups -OCH3 is 1. The molecule has 0 saturated carbocycles. The Morgan fingerprint density at radius 2 is 1.67 bits per heavy atom. The summed E-state index contributed by atoms with van der Waals surface area (Å²) in [6.45, 7) is 7.58. The molecule has 2 aromatic carbocycles. The van der Waals surface area contributed by atoms with Crippen molar-refractivity contribution in [2.24, 2.45) is 5.92 Å². The van der Waals surface area contributed by atoms with E-state index in [-0.39, 0.29) is 12.5 Å². The highest BCUT2D eigenvalue weighted by Gasteiger charge is 2.18. The van der Waals surface area contributed by atoms with Gasteiger partial charge in [0.2, 0.25) is 0 Å². The second kappa shape index (κ2) is 13.3. The number of hydrogen-bond donors (Lipinski definition) is 2. The van der Waals surface area contributed by atoms with E-state index in [2.05, 4.69) is 19.2 Å². The van der Waals surface area contributed by atoms with E-state index in [1.54, 1.807) is 55.3 Å². The topological polar surface area (TPSA) is 97.3 Å². The molecular weight excluding hydrogens is 424 g/mol. The predicted octanol–water partition coefficient (Wildman–Crippen LogP) is 4.30. The molecule has 2 aromatic rings. The van der Waals surface area contributed by atoms with Crippen LogP contribution in [0.4, 0.5) is 10.5 Å². The molecule has 0 bridgehead atoms. The van der Waals surface area contributed by atoms with Gasteiger partial charge in [0.25, 0.3) is 0 Å². The van der Waals surface area contributed by atoms with E-state index in [1.165, 1.54) is 0 Å². The molecule has 2 rings (SSSR count). The van der Waals surface area contributed by atoms with Crippen molar-refractivity contribution in [2.75, 3.05) is 38.7 Å². The molecular formula is C25H34N2O6. The van der Waals surface area contributed by atoms with Crippen molar-refractivity contribution in [2.45, 2.75) is 33.3 Å². The van der Waals surface area contributed by atoms with Gasteiger partial charge in [-0.05, 0) is 54.8 Å². The number of carbonyl (C=O) groups is 2. The van der Waals surface area contributed by atoms with E-state index in [1.807, 2.05) is 12.1 Å². The SMILES string of the molecule is CCOC(Cc1ccc(OCCN(CC(C)C)C(=O)Nc2ccc(OC)cc2)cc1)C(=O)O. The van der Waals surface area contributed by atoms with E-state index in [0.29, 0.717) is 43.7 Å². The molecule has 33 heavy (non-hydrogen) atoms. The van der Waals surface area contributed by atoms with Gasteiger partial charge >= 0.3 is 12.0 Å². The van der Waals surface area contributed by atoms with E-state index < -0.39 is 12.1 Å². The van der Waals surface area contributed by atoms with Crippen LogP contribution in [-0.4, -0.2) is 61.5 Å². The number of ether oxygens (including phenoxy) is 3. The van der Waals surface area contributed by atoms with Gasteiger partial charge in [-0.1, -0.05) is 26.0 Å². The Balaban J connectivity index is 1.89. The van der Waals surface area contributed by atoms with Gasteiger partial charge < -0.3 is 29.5 Å². The number of nitrogens with one attached hydrogen (secondary N) is 1. The number of amides is 2. The number of anilines is 1. The Bertz CT molecular complexity index is 867. The average Bonchev–Trinajstić information content (AvgIpc) is 2.79. The first-order valence-corrected chi connectivity index (χ1v) is 11.1. The van der Waals surface area contributed by atoms with Gasteiger partial charge in [-0.15, -0.1) is 0 Å². The smallest absolute Gasteiger partial charge is 0.333 e. The van der Waals surface area contributed by atoms with Gasteiger partial charge in [0.15, 0.2) is 6.10 Å². The molecule has 0 aliphatic heterocycles. The Morgan fingerprint density at radius 3 is 2.21 bits per heavy atom. The van der Waals surface area contributed by atoms with Crippen molar-refractivity contribution in [3.05, 3.63) is 54.1 Å². The van der Waals surface area contributed by atoms with Crippen LogP contribution < -0.4 is 14.8 Å². The standard InChI is InChI=1S/C25H34N2O6/c1-5-32-23(24(28)29)16-19-6-10-22(11-7-19)33-15-14-27(17-18(2)3)25(30)26-20-8-12-21(31-4)13-9-20/h6-13,18,23H,5,14-17H2,1-4H3,(H,26,30)(H,28,29). The molecule has 8 heteroatoms. The molecule has 1 atom stereocenters. The summed E-state index contributed by atoms with van der Waals surface area (Å²) < 4.78 is 16.2. The number of carbonyl (C=O) groups excluding carboxylic acids is 1. The first-order valence-electron chi connectivity index (χ1n) is 11.1. The normalized spacial score (nSPS) is 11.7. The van der Waals surface area contributed by atoms with Crippen LogP contribution in [0.3, 0.4) is 0 Å². The minimum Gasteiger partial charge on any atom is -0.497 e. The summed E-state index contributed by atoms with van der Waals surface area (Å²) in [7, 11) is 1.60. The number of carboxylic acid groups (broad SMARTS) is 1. The van der Waals surface area contributed by atoms with Crippen LogP contribution in [0.5, 0.6) is 11.5 Å². The third kappa shape index (κ3) is 9.02. The lowest BCUT2D eigenvalue weighted by Crippen LogP contribution is -2.40. The van der Waals surface area contributed by atoms with Crippen LogP contribution in [-0.2, 0) is 16.0 Å². The second-order valence-corrected chi connectivity index (χ2v) is 7.98. The van der Waals surface area contributed by atoms with Crippen LogP contribution in [0, 0.1) is 5.92 Å². The minimum atomic E-state index is -0.977. The molecule has 2 amide bonds. The van der Waals surface area contributed by atoms with Gasteiger partial charge in [-0.25, -0.2) is 9.59 Å². The zero-order valence-corrected chi connectivity index (χ0v) is 19.7. The van der Waals surface area contributed by atoms with Crippen molar-refractivity contribution in [3.8, 4) is 11.5 Å². The van der Waals surface area contributed by atoms with Gasteiger partial charge in [0.1, 0.15) is 18.1 Å². The lowest BCUT2D eigenvalue weighted by molar-refractivity contribution is -0.149. The minimum absolute atomic E-state index is 0.191. The summed E-state index contributed by atoms with van der Waals surface area (Å²) >= 11 is 0. The summed E-state index contributed by atoms with van der Waals surface area (Å²) in [6.07, 6.45) is -0.576. The number of urea groups is 1. The van der Waals surface area contributed by atoms with E-state index >= 15 is 0 Å². The number of hydrogen-bond acceptors (Lipinski definition) is 5. The van der Waals surface area contributed by atoms with Crippen LogP contribution in [0.25, 0.3) is 0 Å². The van der Waals surface area contributed by atoms with E-state index in [9.17, 15) is 14.7 Å². The van der Waals surface area contributed by atoms with Gasteiger partial charge in [-0.3, -0.25) is 0 Å². The van der Waals surface area contributed by atoms with Crippen molar-refractivity contribution < 1.29 is 28.9 Å². The maximum absolute atomic E-state index is 12.8. The lowest BCUT2D eigenvalue weighted by Gasteiger charge is -2.25. The molecule has 0 saturated heterocycles. The summed E-state index contributed by atoms with van der Waals surface area (Å²) in [5, 5.41) is 12.1. The molecule has 0 aromatic heterocycles. The fourth-order valence-corrected chi connectivity index (χ4v) is 3.22. The van der Waals surface area contributed by atoms with Crippen molar-refractivity contribution >= 4 is 17.7 Å². The molecule has 0 heterocycles. The highest BCUT2D eigenvalue weighted by atomic mass is 16.5. The quantitative estimate of drug-likeness (QED) is 0.465.